The van der Waals surface area contributed by atoms with Crippen molar-refractivity contribution in [1.82, 2.24) is 0 Å². The lowest BCUT2D eigenvalue weighted by Crippen LogP contribution is -2.00. The van der Waals surface area contributed by atoms with Gasteiger partial charge in [-0.2, -0.15) is 0 Å². The molecule has 0 amide bonds. The van der Waals surface area contributed by atoms with Crippen LogP contribution in [0.3, 0.4) is 0 Å². The van der Waals surface area contributed by atoms with Gasteiger partial charge in [-0.1, -0.05) is 54.6 Å². The van der Waals surface area contributed by atoms with Crippen LogP contribution in [-0.2, 0) is 0 Å². The highest BCUT2D eigenvalue weighted by Crippen LogP contribution is 2.22. The van der Waals surface area contributed by atoms with E-state index in [4.69, 9.17) is 4.74 Å². The van der Waals surface area contributed by atoms with Crippen molar-refractivity contribution in [1.29, 1.82) is 0 Å². The van der Waals surface area contributed by atoms with Gasteiger partial charge < -0.3 is 10.1 Å². The number of hydrogen-bond acceptors (Lipinski definition) is 2. The minimum absolute atomic E-state index is 0.773. The summed E-state index contributed by atoms with van der Waals surface area (Å²) in [7, 11) is 1.68. The van der Waals surface area contributed by atoms with E-state index >= 15 is 0 Å². The Morgan fingerprint density at radius 3 is 2.50 bits per heavy atom. The lowest BCUT2D eigenvalue weighted by Gasteiger charge is -2.08. The average Bonchev–Trinajstić information content (AvgIpc) is 2.45. The molecule has 0 aliphatic carbocycles. The van der Waals surface area contributed by atoms with Crippen molar-refractivity contribution < 1.29 is 4.74 Å². The first-order valence-corrected chi connectivity index (χ1v) is 5.98. The third kappa shape index (κ3) is 3.39. The summed E-state index contributed by atoms with van der Waals surface area (Å²) in [6, 6.07) is 18.2. The Kier molecular flexibility index (Phi) is 4.42. The number of benzene rings is 2. The van der Waals surface area contributed by atoms with Gasteiger partial charge in [-0.25, -0.2) is 0 Å². The van der Waals surface area contributed by atoms with Crippen LogP contribution in [0.5, 0.6) is 5.75 Å². The second kappa shape index (κ2) is 6.50. The summed E-state index contributed by atoms with van der Waals surface area (Å²) < 4.78 is 5.27. The standard InChI is InChI=1S/C16H17NO/c1-18-16-12-6-5-11-15(16)17-13-7-10-14-8-3-2-4-9-14/h2-12,17H,13H2,1H3. The predicted octanol–water partition coefficient (Wildman–Crippen LogP) is 3.82. The number of nitrogens with one attached hydrogen (secondary N) is 1. The Morgan fingerprint density at radius 1 is 1.00 bits per heavy atom. The van der Waals surface area contributed by atoms with Gasteiger partial charge in [0.25, 0.3) is 0 Å². The number of methoxy groups -OCH3 is 1. The molecule has 0 fully saturated rings. The van der Waals surface area contributed by atoms with Crippen LogP contribution >= 0.6 is 0 Å². The van der Waals surface area contributed by atoms with E-state index in [0.717, 1.165) is 18.0 Å². The Labute approximate surface area is 108 Å². The van der Waals surface area contributed by atoms with Crippen LogP contribution < -0.4 is 10.1 Å². The maximum Gasteiger partial charge on any atom is 0.141 e. The highest BCUT2D eigenvalue weighted by Gasteiger charge is 1.97. The quantitative estimate of drug-likeness (QED) is 0.856. The SMILES string of the molecule is COc1ccccc1NCC=Cc1ccccc1. The largest absolute Gasteiger partial charge is 0.495 e. The van der Waals surface area contributed by atoms with Gasteiger partial charge in [-0.05, 0) is 17.7 Å². The van der Waals surface area contributed by atoms with Crippen molar-refractivity contribution in [2.45, 2.75) is 0 Å². The van der Waals surface area contributed by atoms with Crippen molar-refractivity contribution in [2.24, 2.45) is 0 Å². The molecule has 0 radical (unpaired) electrons. The zero-order chi connectivity index (χ0) is 12.6. The molecule has 0 spiro atoms. The number of ether oxygens (including phenoxy) is 1. The Morgan fingerprint density at radius 2 is 1.72 bits per heavy atom. The summed E-state index contributed by atoms with van der Waals surface area (Å²) in [6.07, 6.45) is 4.20. The second-order valence-electron chi connectivity index (χ2n) is 3.89. The highest BCUT2D eigenvalue weighted by atomic mass is 16.5. The first kappa shape index (κ1) is 12.2. The number of hydrogen-bond donors (Lipinski definition) is 1. The van der Waals surface area contributed by atoms with E-state index in [1.165, 1.54) is 5.56 Å². The molecule has 0 bridgehead atoms. The summed E-state index contributed by atoms with van der Waals surface area (Å²) in [5.74, 6) is 0.866. The van der Waals surface area contributed by atoms with Gasteiger partial charge in [0.2, 0.25) is 0 Å². The summed E-state index contributed by atoms with van der Waals surface area (Å²) in [5, 5.41) is 3.32. The van der Waals surface area contributed by atoms with E-state index in [9.17, 15) is 0 Å². The zero-order valence-corrected chi connectivity index (χ0v) is 10.5. The molecule has 0 unspecified atom stereocenters. The maximum absolute atomic E-state index is 5.27. The average molecular weight is 239 g/mol. The molecule has 2 aromatic rings. The molecule has 92 valence electrons. The van der Waals surface area contributed by atoms with E-state index in [-0.39, 0.29) is 0 Å². The van der Waals surface area contributed by atoms with Gasteiger partial charge in [-0.15, -0.1) is 0 Å². The van der Waals surface area contributed by atoms with E-state index in [1.807, 2.05) is 42.5 Å². The Bertz CT molecular complexity index is 506. The fraction of sp³-hybridized carbons (Fsp3) is 0.125. The summed E-state index contributed by atoms with van der Waals surface area (Å²) in [5.41, 5.74) is 2.22. The predicted molar refractivity (Wildman–Crippen MR) is 77.0 cm³/mol. The fourth-order valence-corrected chi connectivity index (χ4v) is 1.72. The molecule has 2 heteroatoms. The lowest BCUT2D eigenvalue weighted by molar-refractivity contribution is 0.416. The van der Waals surface area contributed by atoms with Crippen molar-refractivity contribution in [3.63, 3.8) is 0 Å². The third-order valence-electron chi connectivity index (χ3n) is 2.63. The van der Waals surface area contributed by atoms with Gasteiger partial charge in [0, 0.05) is 6.54 Å². The van der Waals surface area contributed by atoms with Gasteiger partial charge in [0.1, 0.15) is 5.75 Å². The summed E-state index contributed by atoms with van der Waals surface area (Å²) in [6.45, 7) is 0.773. The van der Waals surface area contributed by atoms with Crippen molar-refractivity contribution >= 4 is 11.8 Å². The number of anilines is 1. The Balaban J connectivity index is 1.91. The number of rotatable bonds is 5. The topological polar surface area (TPSA) is 21.3 Å². The molecule has 0 atom stereocenters. The number of para-hydroxylation sites is 2. The molecular formula is C16H17NO. The van der Waals surface area contributed by atoms with E-state index in [0.29, 0.717) is 0 Å². The lowest BCUT2D eigenvalue weighted by atomic mass is 10.2. The zero-order valence-electron chi connectivity index (χ0n) is 10.5. The smallest absolute Gasteiger partial charge is 0.141 e. The summed E-state index contributed by atoms with van der Waals surface area (Å²) >= 11 is 0. The van der Waals surface area contributed by atoms with Gasteiger partial charge in [0.05, 0.1) is 12.8 Å². The molecule has 0 saturated carbocycles. The van der Waals surface area contributed by atoms with Gasteiger partial charge >= 0.3 is 0 Å². The summed E-state index contributed by atoms with van der Waals surface area (Å²) in [4.78, 5) is 0. The molecule has 0 saturated heterocycles. The molecule has 18 heavy (non-hydrogen) atoms. The van der Waals surface area contributed by atoms with Crippen LogP contribution in [0.25, 0.3) is 6.08 Å². The van der Waals surface area contributed by atoms with E-state index < -0.39 is 0 Å². The van der Waals surface area contributed by atoms with Crippen molar-refractivity contribution in [2.75, 3.05) is 19.0 Å². The normalized spacial score (nSPS) is 10.5. The van der Waals surface area contributed by atoms with Gasteiger partial charge in [0.15, 0.2) is 0 Å². The second-order valence-corrected chi connectivity index (χ2v) is 3.89. The third-order valence-corrected chi connectivity index (χ3v) is 2.63. The van der Waals surface area contributed by atoms with Crippen molar-refractivity contribution in [3.8, 4) is 5.75 Å². The van der Waals surface area contributed by atoms with Crippen LogP contribution in [0.2, 0.25) is 0 Å². The molecule has 0 aromatic heterocycles. The molecular weight excluding hydrogens is 222 g/mol. The van der Waals surface area contributed by atoms with Crippen LogP contribution in [0.1, 0.15) is 5.56 Å². The minimum Gasteiger partial charge on any atom is -0.495 e. The minimum atomic E-state index is 0.773. The molecule has 2 nitrogen and oxygen atoms in total. The van der Waals surface area contributed by atoms with Crippen molar-refractivity contribution in [3.05, 3.63) is 66.2 Å². The molecule has 0 aliphatic heterocycles. The van der Waals surface area contributed by atoms with Crippen LogP contribution in [-0.4, -0.2) is 13.7 Å². The van der Waals surface area contributed by atoms with Crippen LogP contribution in [0.15, 0.2) is 60.7 Å². The van der Waals surface area contributed by atoms with E-state index in [2.05, 4.69) is 29.6 Å². The molecule has 0 aliphatic rings. The van der Waals surface area contributed by atoms with Crippen LogP contribution in [0.4, 0.5) is 5.69 Å². The monoisotopic (exact) mass is 239 g/mol. The maximum atomic E-state index is 5.27. The first-order valence-electron chi connectivity index (χ1n) is 5.98. The van der Waals surface area contributed by atoms with Crippen LogP contribution in [0, 0.1) is 0 Å². The molecule has 1 N–H and O–H groups in total. The first-order chi connectivity index (χ1) is 8.90. The highest BCUT2D eigenvalue weighted by molar-refractivity contribution is 5.57. The molecule has 2 rings (SSSR count). The van der Waals surface area contributed by atoms with Gasteiger partial charge in [-0.3, -0.25) is 0 Å². The molecule has 2 aromatic carbocycles. The van der Waals surface area contributed by atoms with E-state index in [1.54, 1.807) is 7.11 Å². The fourth-order valence-electron chi connectivity index (χ4n) is 1.72. The Hall–Kier alpha value is -2.22. The molecule has 0 heterocycles.